The number of hydrogen-bond acceptors (Lipinski definition) is 4. The maximum atomic E-state index is 12.0. The summed E-state index contributed by atoms with van der Waals surface area (Å²) in [6.45, 7) is -0.156. The highest BCUT2D eigenvalue weighted by Gasteiger charge is 2.38. The molecule has 0 saturated carbocycles. The van der Waals surface area contributed by atoms with Crippen LogP contribution in [-0.4, -0.2) is 38.9 Å². The normalized spacial score (nSPS) is 14.1. The van der Waals surface area contributed by atoms with Crippen LogP contribution in [0.4, 0.5) is 13.2 Å². The van der Waals surface area contributed by atoms with Crippen molar-refractivity contribution >= 4 is 0 Å². The molecule has 0 aliphatic rings. The molecule has 0 fully saturated rings. The van der Waals surface area contributed by atoms with Crippen LogP contribution >= 0.6 is 0 Å². The zero-order valence-corrected chi connectivity index (χ0v) is 8.48. The number of halogens is 3. The minimum absolute atomic E-state index is 0.484. The second-order valence-corrected chi connectivity index (χ2v) is 3.38. The van der Waals surface area contributed by atoms with Crippen molar-refractivity contribution in [2.75, 3.05) is 6.54 Å². The van der Waals surface area contributed by atoms with E-state index in [9.17, 15) is 13.2 Å². The first-order valence-corrected chi connectivity index (χ1v) is 4.77. The molecular formula is C8H13F3N4O. The average Bonchev–Trinajstić information content (AvgIpc) is 2.61. The Balaban J connectivity index is 2.52. The zero-order valence-electron chi connectivity index (χ0n) is 8.48. The molecule has 92 valence electrons. The number of aliphatic hydroxyl groups is 1. The molecule has 1 aromatic rings. The Kier molecular flexibility index (Phi) is 4.25. The molecule has 0 saturated heterocycles. The van der Waals surface area contributed by atoms with Crippen LogP contribution in [0.15, 0.2) is 6.20 Å². The van der Waals surface area contributed by atoms with Crippen molar-refractivity contribution in [2.45, 2.75) is 31.7 Å². The predicted molar refractivity (Wildman–Crippen MR) is 49.5 cm³/mol. The molecule has 5 nitrogen and oxygen atoms in total. The Labute approximate surface area is 90.0 Å². The minimum Gasteiger partial charge on any atom is -0.382 e. The van der Waals surface area contributed by atoms with E-state index in [1.54, 1.807) is 0 Å². The number of rotatable bonds is 5. The van der Waals surface area contributed by atoms with Gasteiger partial charge in [-0.1, -0.05) is 5.21 Å². The summed E-state index contributed by atoms with van der Waals surface area (Å²) in [4.78, 5) is 0. The van der Waals surface area contributed by atoms with E-state index in [1.807, 2.05) is 0 Å². The van der Waals surface area contributed by atoms with Crippen molar-refractivity contribution in [3.63, 3.8) is 0 Å². The number of aryl methyl sites for hydroxylation is 1. The SMILES string of the molecule is NCCCc1cn(CC(O)C(F)(F)F)nn1. The topological polar surface area (TPSA) is 77.0 Å². The maximum absolute atomic E-state index is 12.0. The Morgan fingerprint density at radius 3 is 2.75 bits per heavy atom. The summed E-state index contributed by atoms with van der Waals surface area (Å²) in [6, 6.07) is 0. The van der Waals surface area contributed by atoms with E-state index in [4.69, 9.17) is 10.8 Å². The Hall–Kier alpha value is -1.15. The summed E-state index contributed by atoms with van der Waals surface area (Å²) >= 11 is 0. The third-order valence-electron chi connectivity index (χ3n) is 1.96. The molecule has 0 aliphatic heterocycles. The zero-order chi connectivity index (χ0) is 12.2. The summed E-state index contributed by atoms with van der Waals surface area (Å²) in [6.07, 6.45) is -4.41. The second-order valence-electron chi connectivity index (χ2n) is 3.38. The van der Waals surface area contributed by atoms with Crippen LogP contribution in [0.1, 0.15) is 12.1 Å². The van der Waals surface area contributed by atoms with E-state index in [-0.39, 0.29) is 0 Å². The molecule has 3 N–H and O–H groups in total. The van der Waals surface area contributed by atoms with Crippen LogP contribution in [-0.2, 0) is 13.0 Å². The molecule has 1 unspecified atom stereocenters. The first kappa shape index (κ1) is 12.9. The molecule has 8 heteroatoms. The van der Waals surface area contributed by atoms with Gasteiger partial charge in [-0.2, -0.15) is 13.2 Å². The van der Waals surface area contributed by atoms with Crippen molar-refractivity contribution in [3.05, 3.63) is 11.9 Å². The van der Waals surface area contributed by atoms with Gasteiger partial charge in [0.1, 0.15) is 0 Å². The molecule has 16 heavy (non-hydrogen) atoms. The third-order valence-corrected chi connectivity index (χ3v) is 1.96. The summed E-state index contributed by atoms with van der Waals surface area (Å²) in [5, 5.41) is 15.9. The van der Waals surface area contributed by atoms with E-state index in [0.29, 0.717) is 25.1 Å². The predicted octanol–water partition coefficient (Wildman–Crippen LogP) is 0.0926. The molecule has 0 spiro atoms. The standard InChI is InChI=1S/C8H13F3N4O/c9-8(10,11)7(16)5-15-4-6(13-14-15)2-1-3-12/h4,7,16H,1-3,5,12H2. The van der Waals surface area contributed by atoms with Gasteiger partial charge in [-0.05, 0) is 19.4 Å². The Morgan fingerprint density at radius 2 is 2.19 bits per heavy atom. The van der Waals surface area contributed by atoms with E-state index in [1.165, 1.54) is 6.20 Å². The Morgan fingerprint density at radius 1 is 1.50 bits per heavy atom. The lowest BCUT2D eigenvalue weighted by Crippen LogP contribution is -2.32. The van der Waals surface area contributed by atoms with Crippen LogP contribution in [0.5, 0.6) is 0 Å². The van der Waals surface area contributed by atoms with Crippen molar-refractivity contribution in [2.24, 2.45) is 5.73 Å². The van der Waals surface area contributed by atoms with Gasteiger partial charge in [-0.15, -0.1) is 5.10 Å². The second kappa shape index (κ2) is 5.26. The highest BCUT2D eigenvalue weighted by molar-refractivity contribution is 4.92. The number of hydrogen-bond donors (Lipinski definition) is 2. The molecule has 1 aromatic heterocycles. The van der Waals surface area contributed by atoms with Gasteiger partial charge in [0.05, 0.1) is 12.2 Å². The molecule has 1 heterocycles. The van der Waals surface area contributed by atoms with Gasteiger partial charge in [-0.25, -0.2) is 4.68 Å². The van der Waals surface area contributed by atoms with Gasteiger partial charge in [0.2, 0.25) is 0 Å². The van der Waals surface area contributed by atoms with Gasteiger partial charge in [0.25, 0.3) is 0 Å². The molecule has 1 rings (SSSR count). The smallest absolute Gasteiger partial charge is 0.382 e. The van der Waals surface area contributed by atoms with E-state index >= 15 is 0 Å². The molecule has 1 atom stereocenters. The molecule has 0 bridgehead atoms. The summed E-state index contributed by atoms with van der Waals surface area (Å²) in [7, 11) is 0. The highest BCUT2D eigenvalue weighted by Crippen LogP contribution is 2.20. The number of nitrogens with zero attached hydrogens (tertiary/aromatic N) is 3. The summed E-state index contributed by atoms with van der Waals surface area (Å²) < 4.78 is 37.0. The monoisotopic (exact) mass is 238 g/mol. The molecule has 0 aliphatic carbocycles. The van der Waals surface area contributed by atoms with Crippen LogP contribution in [0, 0.1) is 0 Å². The van der Waals surface area contributed by atoms with Crippen LogP contribution in [0.2, 0.25) is 0 Å². The van der Waals surface area contributed by atoms with Crippen LogP contribution in [0.25, 0.3) is 0 Å². The molecule has 0 radical (unpaired) electrons. The molecule has 0 amide bonds. The van der Waals surface area contributed by atoms with Gasteiger partial charge < -0.3 is 10.8 Å². The molecule has 0 aromatic carbocycles. The fraction of sp³-hybridized carbons (Fsp3) is 0.750. The van der Waals surface area contributed by atoms with Gasteiger partial charge in [0, 0.05) is 6.20 Å². The van der Waals surface area contributed by atoms with E-state index in [2.05, 4.69) is 10.3 Å². The first-order valence-electron chi connectivity index (χ1n) is 4.77. The van der Waals surface area contributed by atoms with Crippen LogP contribution < -0.4 is 5.73 Å². The van der Waals surface area contributed by atoms with Crippen LogP contribution in [0.3, 0.4) is 0 Å². The lowest BCUT2D eigenvalue weighted by molar-refractivity contribution is -0.208. The lowest BCUT2D eigenvalue weighted by atomic mass is 10.2. The quantitative estimate of drug-likeness (QED) is 0.762. The van der Waals surface area contributed by atoms with Gasteiger partial charge in [-0.3, -0.25) is 0 Å². The Bertz CT molecular complexity index is 325. The summed E-state index contributed by atoms with van der Waals surface area (Å²) in [5.41, 5.74) is 5.85. The van der Waals surface area contributed by atoms with Crippen molar-refractivity contribution in [1.82, 2.24) is 15.0 Å². The lowest BCUT2D eigenvalue weighted by Gasteiger charge is -2.13. The average molecular weight is 238 g/mol. The number of aliphatic hydroxyl groups excluding tert-OH is 1. The van der Waals surface area contributed by atoms with Gasteiger partial charge >= 0.3 is 6.18 Å². The fourth-order valence-corrected chi connectivity index (χ4v) is 1.11. The maximum Gasteiger partial charge on any atom is 0.416 e. The fourth-order valence-electron chi connectivity index (χ4n) is 1.11. The van der Waals surface area contributed by atoms with Crippen molar-refractivity contribution < 1.29 is 18.3 Å². The van der Waals surface area contributed by atoms with Gasteiger partial charge in [0.15, 0.2) is 6.10 Å². The molecular weight excluding hydrogens is 225 g/mol. The minimum atomic E-state index is -4.64. The summed E-state index contributed by atoms with van der Waals surface area (Å²) in [5.74, 6) is 0. The van der Waals surface area contributed by atoms with E-state index in [0.717, 1.165) is 4.68 Å². The largest absolute Gasteiger partial charge is 0.416 e. The van der Waals surface area contributed by atoms with Crippen molar-refractivity contribution in [3.8, 4) is 0 Å². The highest BCUT2D eigenvalue weighted by atomic mass is 19.4. The van der Waals surface area contributed by atoms with E-state index < -0.39 is 18.8 Å². The van der Waals surface area contributed by atoms with Crippen molar-refractivity contribution in [1.29, 1.82) is 0 Å². The number of aromatic nitrogens is 3. The number of alkyl halides is 3. The first-order chi connectivity index (χ1) is 7.43. The third kappa shape index (κ3) is 3.78. The number of nitrogens with two attached hydrogens (primary N) is 1.